The summed E-state index contributed by atoms with van der Waals surface area (Å²) in [6.45, 7) is 0. The van der Waals surface area contributed by atoms with Crippen LogP contribution in [0.25, 0.3) is 0 Å². The second-order valence-corrected chi connectivity index (χ2v) is 4.77. The number of furan rings is 1. The number of methoxy groups -OCH3 is 2. The fourth-order valence-corrected chi connectivity index (χ4v) is 2.24. The molecule has 7 nitrogen and oxygen atoms in total. The Kier molecular flexibility index (Phi) is 4.90. The van der Waals surface area contributed by atoms with Crippen LogP contribution in [0.1, 0.15) is 27.8 Å². The van der Waals surface area contributed by atoms with Gasteiger partial charge in [0.2, 0.25) is 5.76 Å². The Balaban J connectivity index is 2.34. The van der Waals surface area contributed by atoms with E-state index in [9.17, 15) is 14.7 Å². The third-order valence-electron chi connectivity index (χ3n) is 3.39. The molecule has 1 atom stereocenters. The Hall–Kier alpha value is -2.96. The number of carboxylic acids is 2. The molecule has 0 bridgehead atoms. The number of aliphatic carboxylic acids is 1. The molecule has 23 heavy (non-hydrogen) atoms. The molecule has 2 N–H and O–H groups in total. The summed E-state index contributed by atoms with van der Waals surface area (Å²) < 4.78 is 15.5. The van der Waals surface area contributed by atoms with E-state index in [0.29, 0.717) is 17.1 Å². The van der Waals surface area contributed by atoms with Crippen molar-refractivity contribution in [2.24, 2.45) is 0 Å². The predicted octanol–water partition coefficient (Wildman–Crippen LogP) is 2.41. The monoisotopic (exact) mass is 320 g/mol. The van der Waals surface area contributed by atoms with Gasteiger partial charge in [0.25, 0.3) is 0 Å². The zero-order valence-electron chi connectivity index (χ0n) is 12.6. The van der Waals surface area contributed by atoms with Gasteiger partial charge in [-0.25, -0.2) is 4.79 Å². The summed E-state index contributed by atoms with van der Waals surface area (Å²) in [6.07, 6.45) is 0.00526. The Morgan fingerprint density at radius 2 is 1.87 bits per heavy atom. The molecule has 122 valence electrons. The van der Waals surface area contributed by atoms with Crippen LogP contribution in [0.5, 0.6) is 11.5 Å². The minimum atomic E-state index is -1.20. The first-order valence-electron chi connectivity index (χ1n) is 6.73. The molecular formula is C16H16O7. The van der Waals surface area contributed by atoms with Crippen LogP contribution < -0.4 is 9.47 Å². The largest absolute Gasteiger partial charge is 0.497 e. The van der Waals surface area contributed by atoms with Crippen LogP contribution in [0.3, 0.4) is 0 Å². The number of carbonyl (C=O) groups is 2. The maximum atomic E-state index is 11.6. The molecule has 0 saturated carbocycles. The van der Waals surface area contributed by atoms with Crippen molar-refractivity contribution in [1.29, 1.82) is 0 Å². The zero-order valence-corrected chi connectivity index (χ0v) is 12.6. The molecule has 0 aliphatic heterocycles. The number of ether oxygens (including phenoxy) is 2. The number of aromatic carboxylic acids is 1. The first-order valence-corrected chi connectivity index (χ1v) is 6.73. The van der Waals surface area contributed by atoms with Gasteiger partial charge < -0.3 is 24.1 Å². The second-order valence-electron chi connectivity index (χ2n) is 4.77. The predicted molar refractivity (Wildman–Crippen MR) is 79.3 cm³/mol. The number of benzene rings is 1. The summed E-state index contributed by atoms with van der Waals surface area (Å²) in [6, 6.07) is 7.59. The SMILES string of the molecule is COc1ccc(C(Cc2ccc(C(=O)O)o2)C(=O)O)c(OC)c1. The van der Waals surface area contributed by atoms with Gasteiger partial charge in [-0.1, -0.05) is 6.07 Å². The normalized spacial score (nSPS) is 11.7. The van der Waals surface area contributed by atoms with E-state index in [0.717, 1.165) is 0 Å². The molecule has 2 rings (SSSR count). The lowest BCUT2D eigenvalue weighted by Crippen LogP contribution is -2.15. The smallest absolute Gasteiger partial charge is 0.371 e. The first kappa shape index (κ1) is 16.4. The van der Waals surface area contributed by atoms with Crippen molar-refractivity contribution >= 4 is 11.9 Å². The van der Waals surface area contributed by atoms with Crippen molar-refractivity contribution in [3.05, 3.63) is 47.4 Å². The lowest BCUT2D eigenvalue weighted by Gasteiger charge is -2.16. The number of rotatable bonds is 7. The van der Waals surface area contributed by atoms with Crippen LogP contribution in [0.4, 0.5) is 0 Å². The van der Waals surface area contributed by atoms with Gasteiger partial charge >= 0.3 is 11.9 Å². The van der Waals surface area contributed by atoms with E-state index in [2.05, 4.69) is 0 Å². The highest BCUT2D eigenvalue weighted by molar-refractivity contribution is 5.84. The van der Waals surface area contributed by atoms with Crippen LogP contribution in [0, 0.1) is 0 Å². The standard InChI is InChI=1S/C16H16O7/c1-21-9-3-5-11(14(8-9)22-2)12(15(17)18)7-10-4-6-13(23-10)16(19)20/h3-6,8,12H,7H2,1-2H3,(H,17,18)(H,19,20). The van der Waals surface area contributed by atoms with Crippen molar-refractivity contribution in [2.75, 3.05) is 14.2 Å². The van der Waals surface area contributed by atoms with Gasteiger partial charge in [-0.15, -0.1) is 0 Å². The minimum absolute atomic E-state index is 0.00526. The van der Waals surface area contributed by atoms with E-state index in [1.165, 1.54) is 26.4 Å². The van der Waals surface area contributed by atoms with Gasteiger partial charge in [0.15, 0.2) is 0 Å². The lowest BCUT2D eigenvalue weighted by atomic mass is 9.93. The van der Waals surface area contributed by atoms with E-state index >= 15 is 0 Å². The van der Waals surface area contributed by atoms with Crippen LogP contribution in [-0.4, -0.2) is 36.4 Å². The number of carboxylic acid groups (broad SMARTS) is 2. The average Bonchev–Trinajstić information content (AvgIpc) is 3.00. The molecule has 0 fully saturated rings. The molecule has 0 amide bonds. The van der Waals surface area contributed by atoms with Crippen molar-refractivity contribution in [3.63, 3.8) is 0 Å². The van der Waals surface area contributed by atoms with Crippen LogP contribution in [-0.2, 0) is 11.2 Å². The molecule has 0 saturated heterocycles. The highest BCUT2D eigenvalue weighted by atomic mass is 16.5. The van der Waals surface area contributed by atoms with E-state index in [-0.39, 0.29) is 17.9 Å². The quantitative estimate of drug-likeness (QED) is 0.806. The average molecular weight is 320 g/mol. The molecule has 1 aromatic carbocycles. The van der Waals surface area contributed by atoms with Gasteiger partial charge in [0, 0.05) is 18.1 Å². The molecule has 0 aliphatic carbocycles. The molecule has 0 spiro atoms. The molecule has 2 aromatic rings. The van der Waals surface area contributed by atoms with Crippen LogP contribution in [0.2, 0.25) is 0 Å². The highest BCUT2D eigenvalue weighted by Gasteiger charge is 2.26. The molecule has 0 aliphatic rings. The van der Waals surface area contributed by atoms with E-state index < -0.39 is 17.9 Å². The summed E-state index contributed by atoms with van der Waals surface area (Å²) >= 11 is 0. The first-order chi connectivity index (χ1) is 11.0. The highest BCUT2D eigenvalue weighted by Crippen LogP contribution is 2.33. The van der Waals surface area contributed by atoms with E-state index in [4.69, 9.17) is 19.0 Å². The number of hydrogen-bond acceptors (Lipinski definition) is 5. The zero-order chi connectivity index (χ0) is 17.0. The molecule has 0 radical (unpaired) electrons. The van der Waals surface area contributed by atoms with Crippen molar-refractivity contribution in [2.45, 2.75) is 12.3 Å². The molecule has 1 heterocycles. The Morgan fingerprint density at radius 1 is 1.13 bits per heavy atom. The van der Waals surface area contributed by atoms with Crippen molar-refractivity contribution < 1.29 is 33.7 Å². The topological polar surface area (TPSA) is 106 Å². The third kappa shape index (κ3) is 3.63. The summed E-state index contributed by atoms with van der Waals surface area (Å²) in [5, 5.41) is 18.4. The maximum Gasteiger partial charge on any atom is 0.371 e. The fraction of sp³-hybridized carbons (Fsp3) is 0.250. The molecular weight excluding hydrogens is 304 g/mol. The summed E-state index contributed by atoms with van der Waals surface area (Å²) in [4.78, 5) is 22.5. The lowest BCUT2D eigenvalue weighted by molar-refractivity contribution is -0.138. The van der Waals surface area contributed by atoms with Crippen LogP contribution >= 0.6 is 0 Å². The van der Waals surface area contributed by atoms with Crippen LogP contribution in [0.15, 0.2) is 34.7 Å². The Bertz CT molecular complexity index is 717. The maximum absolute atomic E-state index is 11.6. The second kappa shape index (κ2) is 6.87. The van der Waals surface area contributed by atoms with Crippen molar-refractivity contribution in [3.8, 4) is 11.5 Å². The molecule has 7 heteroatoms. The van der Waals surface area contributed by atoms with Gasteiger partial charge in [0.05, 0.1) is 20.1 Å². The van der Waals surface area contributed by atoms with E-state index in [1.807, 2.05) is 0 Å². The molecule has 1 unspecified atom stereocenters. The van der Waals surface area contributed by atoms with Gasteiger partial charge in [0.1, 0.15) is 17.3 Å². The third-order valence-corrected chi connectivity index (χ3v) is 3.39. The summed E-state index contributed by atoms with van der Waals surface area (Å²) in [7, 11) is 2.94. The van der Waals surface area contributed by atoms with Gasteiger partial charge in [-0.05, 0) is 18.2 Å². The Morgan fingerprint density at radius 3 is 2.39 bits per heavy atom. The molecule has 1 aromatic heterocycles. The summed E-state index contributed by atoms with van der Waals surface area (Å²) in [5.74, 6) is -2.25. The van der Waals surface area contributed by atoms with Gasteiger partial charge in [-0.3, -0.25) is 4.79 Å². The minimum Gasteiger partial charge on any atom is -0.497 e. The summed E-state index contributed by atoms with van der Waals surface area (Å²) in [5.41, 5.74) is 0.453. The van der Waals surface area contributed by atoms with Gasteiger partial charge in [-0.2, -0.15) is 0 Å². The fourth-order valence-electron chi connectivity index (χ4n) is 2.24. The van der Waals surface area contributed by atoms with Crippen molar-refractivity contribution in [1.82, 2.24) is 0 Å². The number of hydrogen-bond donors (Lipinski definition) is 2. The Labute approximate surface area is 132 Å². The van der Waals surface area contributed by atoms with E-state index in [1.54, 1.807) is 18.2 Å².